The Morgan fingerprint density at radius 2 is 1.88 bits per heavy atom. The lowest BCUT2D eigenvalue weighted by Crippen LogP contribution is -2.48. The predicted octanol–water partition coefficient (Wildman–Crippen LogP) is 4.79. The second-order valence-electron chi connectivity index (χ2n) is 9.26. The van der Waals surface area contributed by atoms with Crippen molar-refractivity contribution in [2.75, 3.05) is 0 Å². The third-order valence-electron chi connectivity index (χ3n) is 6.75. The lowest BCUT2D eigenvalue weighted by molar-refractivity contribution is -0.142. The van der Waals surface area contributed by atoms with Gasteiger partial charge in [-0.1, -0.05) is 37.5 Å². The van der Waals surface area contributed by atoms with Gasteiger partial charge < -0.3 is 19.6 Å². The minimum atomic E-state index is -0.726. The molecule has 2 heterocycles. The summed E-state index contributed by atoms with van der Waals surface area (Å²) < 4.78 is 5.91. The fourth-order valence-corrected chi connectivity index (χ4v) is 4.96. The van der Waals surface area contributed by atoms with Crippen molar-refractivity contribution in [1.29, 1.82) is 0 Å². The number of fused-ring (bicyclic) bond motifs is 1. The molecule has 168 valence electrons. The Labute approximate surface area is 188 Å². The standard InChI is InChI=1S/C26H31N3O3/c1-17-11-14-23(32-17)25(26(31)28-19-7-3-2-4-8-19)29(20-12-13-20)24(30)15-18-16-27-22-10-6-5-9-21(18)22/h5-6,9-11,14,16,19-20,25,27H,2-4,7-8,12-13,15H2,1H3,(H,28,31). The number of para-hydroxylation sites is 1. The van der Waals surface area contributed by atoms with Gasteiger partial charge >= 0.3 is 0 Å². The van der Waals surface area contributed by atoms with Gasteiger partial charge in [0, 0.05) is 29.2 Å². The summed E-state index contributed by atoms with van der Waals surface area (Å²) in [5, 5.41) is 4.28. The van der Waals surface area contributed by atoms with Gasteiger partial charge in [-0.15, -0.1) is 0 Å². The van der Waals surface area contributed by atoms with Gasteiger partial charge in [-0.05, 0) is 56.4 Å². The number of aryl methyl sites for hydroxylation is 1. The Morgan fingerprint density at radius 1 is 1.09 bits per heavy atom. The molecule has 1 atom stereocenters. The van der Waals surface area contributed by atoms with Crippen molar-refractivity contribution in [2.24, 2.45) is 0 Å². The Balaban J connectivity index is 1.43. The number of hydrogen-bond donors (Lipinski definition) is 2. The van der Waals surface area contributed by atoms with Crippen LogP contribution in [0.1, 0.15) is 68.1 Å². The molecule has 2 aromatic heterocycles. The average molecular weight is 434 g/mol. The van der Waals surface area contributed by atoms with Crippen molar-refractivity contribution in [1.82, 2.24) is 15.2 Å². The normalized spacial score (nSPS) is 17.9. The van der Waals surface area contributed by atoms with Crippen LogP contribution in [0.3, 0.4) is 0 Å². The van der Waals surface area contributed by atoms with E-state index < -0.39 is 6.04 Å². The van der Waals surface area contributed by atoms with Gasteiger partial charge in [0.25, 0.3) is 5.91 Å². The summed E-state index contributed by atoms with van der Waals surface area (Å²) in [4.78, 5) is 32.2. The molecule has 0 spiro atoms. The number of benzene rings is 1. The molecule has 1 aromatic carbocycles. The van der Waals surface area contributed by atoms with Gasteiger partial charge in [0.1, 0.15) is 11.5 Å². The molecule has 6 nitrogen and oxygen atoms in total. The van der Waals surface area contributed by atoms with Crippen LogP contribution in [0.4, 0.5) is 0 Å². The van der Waals surface area contributed by atoms with Crippen LogP contribution in [0.25, 0.3) is 10.9 Å². The molecule has 0 aliphatic heterocycles. The molecule has 0 radical (unpaired) electrons. The second kappa shape index (κ2) is 8.85. The van der Waals surface area contributed by atoms with E-state index in [0.29, 0.717) is 5.76 Å². The van der Waals surface area contributed by atoms with Crippen molar-refractivity contribution >= 4 is 22.7 Å². The first-order chi connectivity index (χ1) is 15.6. The molecule has 2 saturated carbocycles. The minimum Gasteiger partial charge on any atom is -0.464 e. The largest absolute Gasteiger partial charge is 0.464 e. The van der Waals surface area contributed by atoms with E-state index in [1.54, 1.807) is 4.90 Å². The topological polar surface area (TPSA) is 78.3 Å². The Kier molecular flexibility index (Phi) is 5.77. The summed E-state index contributed by atoms with van der Waals surface area (Å²) in [6.45, 7) is 1.87. The number of hydrogen-bond acceptors (Lipinski definition) is 3. The maximum absolute atomic E-state index is 13.6. The highest BCUT2D eigenvalue weighted by molar-refractivity contribution is 5.92. The van der Waals surface area contributed by atoms with E-state index in [0.717, 1.165) is 60.8 Å². The van der Waals surface area contributed by atoms with Crippen LogP contribution >= 0.6 is 0 Å². The molecule has 6 heteroatoms. The van der Waals surface area contributed by atoms with Crippen molar-refractivity contribution in [2.45, 2.75) is 76.4 Å². The molecule has 3 aromatic rings. The van der Waals surface area contributed by atoms with E-state index in [1.165, 1.54) is 6.42 Å². The van der Waals surface area contributed by atoms with Gasteiger partial charge in [-0.2, -0.15) is 0 Å². The highest BCUT2D eigenvalue weighted by Gasteiger charge is 2.43. The number of rotatable bonds is 7. The second-order valence-corrected chi connectivity index (χ2v) is 9.26. The molecule has 0 bridgehead atoms. The first kappa shape index (κ1) is 20.9. The van der Waals surface area contributed by atoms with Crippen LogP contribution < -0.4 is 5.32 Å². The number of carbonyl (C=O) groups excluding carboxylic acids is 2. The van der Waals surface area contributed by atoms with Crippen LogP contribution in [-0.4, -0.2) is 33.8 Å². The number of aromatic amines is 1. The van der Waals surface area contributed by atoms with Gasteiger partial charge in [0.15, 0.2) is 6.04 Å². The molecule has 2 aliphatic rings. The zero-order valence-electron chi connectivity index (χ0n) is 18.6. The molecular weight excluding hydrogens is 402 g/mol. The van der Waals surface area contributed by atoms with E-state index in [1.807, 2.05) is 49.5 Å². The van der Waals surface area contributed by atoms with E-state index in [9.17, 15) is 9.59 Å². The lowest BCUT2D eigenvalue weighted by atomic mass is 9.95. The van der Waals surface area contributed by atoms with Crippen LogP contribution in [0.2, 0.25) is 0 Å². The van der Waals surface area contributed by atoms with Gasteiger partial charge in [0.2, 0.25) is 5.91 Å². The number of carbonyl (C=O) groups is 2. The SMILES string of the molecule is Cc1ccc(C(C(=O)NC2CCCCC2)N(C(=O)Cc2c[nH]c3ccccc23)C2CC2)o1. The summed E-state index contributed by atoms with van der Waals surface area (Å²) in [6.07, 6.45) is 9.52. The Hall–Kier alpha value is -3.02. The maximum Gasteiger partial charge on any atom is 0.250 e. The maximum atomic E-state index is 13.6. The third kappa shape index (κ3) is 4.31. The monoisotopic (exact) mass is 433 g/mol. The summed E-state index contributed by atoms with van der Waals surface area (Å²) >= 11 is 0. The molecule has 1 unspecified atom stereocenters. The van der Waals surface area contributed by atoms with Crippen LogP contribution in [0.5, 0.6) is 0 Å². The van der Waals surface area contributed by atoms with Crippen molar-refractivity contribution in [3.63, 3.8) is 0 Å². The molecule has 2 amide bonds. The van der Waals surface area contributed by atoms with Gasteiger partial charge in [-0.25, -0.2) is 0 Å². The number of furan rings is 1. The minimum absolute atomic E-state index is 0.0323. The Bertz CT molecular complexity index is 1100. The van der Waals surface area contributed by atoms with Crippen LogP contribution in [-0.2, 0) is 16.0 Å². The lowest BCUT2D eigenvalue weighted by Gasteiger charge is -2.32. The number of aromatic nitrogens is 1. The van der Waals surface area contributed by atoms with Crippen LogP contribution in [0, 0.1) is 6.92 Å². The summed E-state index contributed by atoms with van der Waals surface area (Å²) in [7, 11) is 0. The van der Waals surface area contributed by atoms with Crippen LogP contribution in [0.15, 0.2) is 47.0 Å². The summed E-state index contributed by atoms with van der Waals surface area (Å²) in [5.74, 6) is 1.14. The predicted molar refractivity (Wildman–Crippen MR) is 123 cm³/mol. The fourth-order valence-electron chi connectivity index (χ4n) is 4.96. The van der Waals surface area contributed by atoms with Crippen molar-refractivity contribution in [3.05, 3.63) is 59.7 Å². The van der Waals surface area contributed by atoms with Gasteiger partial charge in [0.05, 0.1) is 6.42 Å². The highest BCUT2D eigenvalue weighted by atomic mass is 16.3. The summed E-state index contributed by atoms with van der Waals surface area (Å²) in [5.41, 5.74) is 1.97. The molecule has 5 rings (SSSR count). The third-order valence-corrected chi connectivity index (χ3v) is 6.75. The average Bonchev–Trinajstić information content (AvgIpc) is 3.42. The molecule has 32 heavy (non-hydrogen) atoms. The molecular formula is C26H31N3O3. The van der Waals surface area contributed by atoms with Crippen molar-refractivity contribution < 1.29 is 14.0 Å². The highest BCUT2D eigenvalue weighted by Crippen LogP contribution is 2.36. The quantitative estimate of drug-likeness (QED) is 0.562. The van der Waals surface area contributed by atoms with E-state index in [-0.39, 0.29) is 30.3 Å². The first-order valence-electron chi connectivity index (χ1n) is 11.8. The number of H-pyrrole nitrogens is 1. The zero-order valence-corrected chi connectivity index (χ0v) is 18.6. The number of amides is 2. The fraction of sp³-hybridized carbons (Fsp3) is 0.462. The van der Waals surface area contributed by atoms with Crippen molar-refractivity contribution in [3.8, 4) is 0 Å². The molecule has 0 saturated heterocycles. The molecule has 2 N–H and O–H groups in total. The number of nitrogens with one attached hydrogen (secondary N) is 2. The molecule has 2 fully saturated rings. The number of nitrogens with zero attached hydrogens (tertiary/aromatic N) is 1. The summed E-state index contributed by atoms with van der Waals surface area (Å²) in [6, 6.07) is 11.2. The molecule has 2 aliphatic carbocycles. The van der Waals surface area contributed by atoms with Gasteiger partial charge in [-0.3, -0.25) is 9.59 Å². The smallest absolute Gasteiger partial charge is 0.250 e. The zero-order chi connectivity index (χ0) is 22.1. The Morgan fingerprint density at radius 3 is 2.59 bits per heavy atom. The van der Waals surface area contributed by atoms with E-state index >= 15 is 0 Å². The van der Waals surface area contributed by atoms with E-state index in [4.69, 9.17) is 4.42 Å². The van der Waals surface area contributed by atoms with E-state index in [2.05, 4.69) is 10.3 Å². The first-order valence-corrected chi connectivity index (χ1v) is 11.8.